The number of aryl methyl sites for hydroxylation is 1. The molecule has 1 amide bonds. The summed E-state index contributed by atoms with van der Waals surface area (Å²) in [6.07, 6.45) is 10.5. The van der Waals surface area contributed by atoms with Crippen molar-refractivity contribution in [3.05, 3.63) is 65.5 Å². The molecule has 1 aliphatic rings. The van der Waals surface area contributed by atoms with Crippen LogP contribution in [0.3, 0.4) is 0 Å². The summed E-state index contributed by atoms with van der Waals surface area (Å²) in [4.78, 5) is 32.8. The Labute approximate surface area is 180 Å². The minimum absolute atomic E-state index is 0. The van der Waals surface area contributed by atoms with Gasteiger partial charge in [0.05, 0.1) is 5.70 Å². The first-order valence-electron chi connectivity index (χ1n) is 10.4. The van der Waals surface area contributed by atoms with Gasteiger partial charge in [0.25, 0.3) is 0 Å². The summed E-state index contributed by atoms with van der Waals surface area (Å²) in [5.74, 6) is 0.701. The maximum Gasteiger partial charge on any atom is 0.228 e. The number of carbonyl (C=O) groups excluding carboxylic acids is 2. The molecule has 2 rings (SSSR count). The van der Waals surface area contributed by atoms with Crippen molar-refractivity contribution in [2.24, 2.45) is 10.9 Å². The molecule has 1 saturated carbocycles. The lowest BCUT2D eigenvalue weighted by Gasteiger charge is -2.11. The largest absolute Gasteiger partial charge is 0.310 e. The van der Waals surface area contributed by atoms with Crippen LogP contribution in [0.1, 0.15) is 59.0 Å². The van der Waals surface area contributed by atoms with E-state index >= 15 is 0 Å². The lowest BCUT2D eigenvalue weighted by molar-refractivity contribution is -0.117. The number of ketones is 1. The van der Waals surface area contributed by atoms with Gasteiger partial charge in [0, 0.05) is 25.7 Å². The van der Waals surface area contributed by atoms with Crippen molar-refractivity contribution in [2.75, 3.05) is 5.32 Å². The van der Waals surface area contributed by atoms with Gasteiger partial charge in [-0.15, -0.1) is 0 Å². The Hall–Kier alpha value is -3.08. The van der Waals surface area contributed by atoms with E-state index in [2.05, 4.69) is 28.5 Å². The summed E-state index contributed by atoms with van der Waals surface area (Å²) in [5, 5.41) is 2.87. The fourth-order valence-electron chi connectivity index (χ4n) is 3.05. The van der Waals surface area contributed by atoms with E-state index in [1.807, 2.05) is 45.9 Å². The molecule has 0 atom stereocenters. The summed E-state index contributed by atoms with van der Waals surface area (Å²) >= 11 is 0. The zero-order valence-corrected chi connectivity index (χ0v) is 18.4. The third-order valence-corrected chi connectivity index (χ3v) is 4.97. The number of aromatic nitrogens is 1. The zero-order chi connectivity index (χ0) is 22.3. The molecule has 5 heteroatoms. The van der Waals surface area contributed by atoms with E-state index in [-0.39, 0.29) is 24.7 Å². The number of nitrogens with zero attached hydrogens (tertiary/aromatic N) is 2. The fraction of sp³-hybridized carbons (Fsp3) is 0.360. The van der Waals surface area contributed by atoms with E-state index in [1.165, 1.54) is 0 Å². The van der Waals surface area contributed by atoms with Crippen molar-refractivity contribution in [1.29, 1.82) is 0 Å². The molecular formula is C25H33N3O2. The predicted molar refractivity (Wildman–Crippen MR) is 127 cm³/mol. The van der Waals surface area contributed by atoms with Gasteiger partial charge in [-0.1, -0.05) is 32.2 Å². The van der Waals surface area contributed by atoms with Gasteiger partial charge < -0.3 is 5.32 Å². The lowest BCUT2D eigenvalue weighted by Crippen LogP contribution is -2.14. The van der Waals surface area contributed by atoms with Gasteiger partial charge in [-0.25, -0.2) is 4.98 Å². The molecule has 0 unspecified atom stereocenters. The van der Waals surface area contributed by atoms with Crippen LogP contribution in [0.4, 0.5) is 5.82 Å². The molecule has 1 aromatic rings. The maximum atomic E-state index is 12.0. The molecular weight excluding hydrogens is 374 g/mol. The molecule has 1 N–H and O–H groups in total. The molecule has 1 aliphatic carbocycles. The van der Waals surface area contributed by atoms with E-state index in [4.69, 9.17) is 0 Å². The average Bonchev–Trinajstić information content (AvgIpc) is 3.55. The third-order valence-electron chi connectivity index (χ3n) is 4.97. The molecule has 0 aromatic carbocycles. The molecule has 5 nitrogen and oxygen atoms in total. The Bertz CT molecular complexity index is 954. The van der Waals surface area contributed by atoms with E-state index in [9.17, 15) is 9.59 Å². The first-order chi connectivity index (χ1) is 14.3. The highest BCUT2D eigenvalue weighted by atomic mass is 16.2. The fourth-order valence-corrected chi connectivity index (χ4v) is 3.05. The number of hydrogen-bond donors (Lipinski definition) is 1. The van der Waals surface area contributed by atoms with Gasteiger partial charge in [-0.05, 0) is 74.4 Å². The second kappa shape index (κ2) is 10.6. The van der Waals surface area contributed by atoms with Crippen LogP contribution in [0, 0.1) is 12.8 Å². The molecule has 30 heavy (non-hydrogen) atoms. The molecule has 0 aliphatic heterocycles. The van der Waals surface area contributed by atoms with Gasteiger partial charge in [0.2, 0.25) is 5.91 Å². The minimum Gasteiger partial charge on any atom is -0.310 e. The number of allylic oxidation sites excluding steroid dienone is 5. The highest BCUT2D eigenvalue weighted by molar-refractivity contribution is 6.07. The number of nitrogens with one attached hydrogen (secondary N) is 1. The van der Waals surface area contributed by atoms with Crippen molar-refractivity contribution in [3.63, 3.8) is 0 Å². The number of rotatable bonds is 10. The molecule has 0 spiro atoms. The number of carbonyl (C=O) groups is 2. The SMILES string of the molecule is C=CC(=C\c1cnc(NC(=O)C2CC2)cc1C)/C(=C/C)C(C)=NC(=C)C(=O)CCC.[HH]. The second-order valence-corrected chi connectivity index (χ2v) is 7.51. The minimum atomic E-state index is -0.0414. The quantitative estimate of drug-likeness (QED) is 0.301. The smallest absolute Gasteiger partial charge is 0.228 e. The standard InChI is InChI=1S/C25H31N3O2.H2/c1-7-10-23(29)18(6)27-17(5)22(9-3)19(8-2)14-21-15-26-24(13-16(21)4)28-25(30)20-11-12-20;/h8-9,13-15,20H,2,6-7,10-12H2,1,3-5H3,(H,26,28,30);1H/b19-14+,22-9+,27-17?;. The molecule has 160 valence electrons. The van der Waals surface area contributed by atoms with Crippen LogP contribution in [-0.2, 0) is 9.59 Å². The topological polar surface area (TPSA) is 71.4 Å². The molecule has 1 heterocycles. The zero-order valence-electron chi connectivity index (χ0n) is 18.4. The van der Waals surface area contributed by atoms with Crippen LogP contribution >= 0.6 is 0 Å². The van der Waals surface area contributed by atoms with E-state index in [0.717, 1.165) is 41.5 Å². The number of Topliss-reactive ketones (excluding diaryl/α,β-unsaturated/α-hetero) is 1. The number of anilines is 1. The first kappa shape index (κ1) is 23.2. The van der Waals surface area contributed by atoms with E-state index < -0.39 is 0 Å². The number of amides is 1. The number of aliphatic imine (C=N–C) groups is 1. The summed E-state index contributed by atoms with van der Waals surface area (Å²) in [6.45, 7) is 15.5. The molecule has 0 saturated heterocycles. The van der Waals surface area contributed by atoms with Crippen LogP contribution < -0.4 is 5.32 Å². The Balaban J connectivity index is 0.00000480. The second-order valence-electron chi connectivity index (χ2n) is 7.51. The molecule has 0 bridgehead atoms. The number of pyridine rings is 1. The van der Waals surface area contributed by atoms with Crippen molar-refractivity contribution in [1.82, 2.24) is 4.98 Å². The van der Waals surface area contributed by atoms with Crippen molar-refractivity contribution < 1.29 is 11.0 Å². The summed E-state index contributed by atoms with van der Waals surface area (Å²) in [5.41, 5.74) is 4.63. The van der Waals surface area contributed by atoms with Gasteiger partial charge in [-0.2, -0.15) is 0 Å². The Morgan fingerprint density at radius 2 is 2.10 bits per heavy atom. The molecule has 1 fully saturated rings. The Morgan fingerprint density at radius 1 is 1.40 bits per heavy atom. The van der Waals surface area contributed by atoms with Crippen LogP contribution in [0.25, 0.3) is 6.08 Å². The third kappa shape index (κ3) is 6.21. The Kier molecular flexibility index (Phi) is 8.22. The average molecular weight is 408 g/mol. The maximum absolute atomic E-state index is 12.0. The lowest BCUT2D eigenvalue weighted by atomic mass is 9.98. The van der Waals surface area contributed by atoms with Crippen LogP contribution in [0.2, 0.25) is 0 Å². The van der Waals surface area contributed by atoms with E-state index in [0.29, 0.717) is 18.0 Å². The molecule has 0 radical (unpaired) electrons. The normalized spacial score (nSPS) is 15.0. The van der Waals surface area contributed by atoms with Crippen molar-refractivity contribution >= 4 is 29.3 Å². The Morgan fingerprint density at radius 3 is 2.63 bits per heavy atom. The summed E-state index contributed by atoms with van der Waals surface area (Å²) in [6, 6.07) is 1.87. The monoisotopic (exact) mass is 407 g/mol. The first-order valence-corrected chi connectivity index (χ1v) is 10.4. The van der Waals surface area contributed by atoms with Gasteiger partial charge in [0.1, 0.15) is 5.82 Å². The van der Waals surface area contributed by atoms with E-state index in [1.54, 1.807) is 12.3 Å². The van der Waals surface area contributed by atoms with Crippen LogP contribution in [-0.4, -0.2) is 22.4 Å². The highest BCUT2D eigenvalue weighted by Gasteiger charge is 2.29. The van der Waals surface area contributed by atoms with Gasteiger partial charge >= 0.3 is 0 Å². The number of hydrogen-bond acceptors (Lipinski definition) is 4. The van der Waals surface area contributed by atoms with Crippen LogP contribution in [0.15, 0.2) is 59.4 Å². The van der Waals surface area contributed by atoms with Crippen molar-refractivity contribution in [3.8, 4) is 0 Å². The van der Waals surface area contributed by atoms with Crippen LogP contribution in [0.5, 0.6) is 0 Å². The van der Waals surface area contributed by atoms with Gasteiger partial charge in [0.15, 0.2) is 5.78 Å². The summed E-state index contributed by atoms with van der Waals surface area (Å²) < 4.78 is 0. The highest BCUT2D eigenvalue weighted by Crippen LogP contribution is 2.30. The van der Waals surface area contributed by atoms with Crippen molar-refractivity contribution in [2.45, 2.75) is 53.4 Å². The van der Waals surface area contributed by atoms with Gasteiger partial charge in [-0.3, -0.25) is 14.6 Å². The molecule has 1 aromatic heterocycles. The summed E-state index contributed by atoms with van der Waals surface area (Å²) in [7, 11) is 0. The predicted octanol–water partition coefficient (Wildman–Crippen LogP) is 5.84.